The molecule has 0 spiro atoms. The van der Waals surface area contributed by atoms with Crippen LogP contribution in [0.3, 0.4) is 0 Å². The van der Waals surface area contributed by atoms with E-state index in [0.29, 0.717) is 18.8 Å². The van der Waals surface area contributed by atoms with Gasteiger partial charge < -0.3 is 14.2 Å². The summed E-state index contributed by atoms with van der Waals surface area (Å²) in [5.74, 6) is 0.234. The Morgan fingerprint density at radius 3 is 2.65 bits per heavy atom. The van der Waals surface area contributed by atoms with Gasteiger partial charge in [0, 0.05) is 24.7 Å². The highest BCUT2D eigenvalue weighted by molar-refractivity contribution is 5.94. The summed E-state index contributed by atoms with van der Waals surface area (Å²) in [6, 6.07) is 11.2. The second-order valence-corrected chi connectivity index (χ2v) is 7.99. The average molecular weight is 354 g/mol. The maximum absolute atomic E-state index is 12.9. The van der Waals surface area contributed by atoms with E-state index in [9.17, 15) is 9.59 Å². The fourth-order valence-electron chi connectivity index (χ4n) is 4.80. The minimum absolute atomic E-state index is 0.0161. The number of hydrogen-bond acceptors (Lipinski definition) is 5. The predicted molar refractivity (Wildman–Crippen MR) is 94.2 cm³/mol. The maximum Gasteiger partial charge on any atom is 0.314 e. The molecule has 1 aromatic carbocycles. The SMILES string of the molecule is COC(=O)[C@@]12CN(C(=O)c3cc(-c4ccccc4)on3)C[C@@H]1C(C)(C)C2. The zero-order valence-electron chi connectivity index (χ0n) is 15.2. The lowest BCUT2D eigenvalue weighted by Gasteiger charge is -2.54. The van der Waals surface area contributed by atoms with Gasteiger partial charge in [0.05, 0.1) is 12.5 Å². The van der Waals surface area contributed by atoms with Crippen molar-refractivity contribution in [2.24, 2.45) is 16.7 Å². The Morgan fingerprint density at radius 1 is 1.27 bits per heavy atom. The lowest BCUT2D eigenvalue weighted by atomic mass is 9.48. The predicted octanol–water partition coefficient (Wildman–Crippen LogP) is 3.00. The third kappa shape index (κ3) is 2.35. The van der Waals surface area contributed by atoms with Gasteiger partial charge in [-0.25, -0.2) is 0 Å². The first-order chi connectivity index (χ1) is 12.4. The monoisotopic (exact) mass is 354 g/mol. The fraction of sp³-hybridized carbons (Fsp3) is 0.450. The summed E-state index contributed by atoms with van der Waals surface area (Å²) in [4.78, 5) is 27.0. The summed E-state index contributed by atoms with van der Waals surface area (Å²) in [6.07, 6.45) is 0.731. The number of methoxy groups -OCH3 is 1. The normalized spacial score (nSPS) is 26.1. The van der Waals surface area contributed by atoms with Crippen LogP contribution >= 0.6 is 0 Å². The minimum Gasteiger partial charge on any atom is -0.469 e. The van der Waals surface area contributed by atoms with E-state index in [2.05, 4.69) is 19.0 Å². The number of nitrogens with zero attached hydrogens (tertiary/aromatic N) is 2. The molecule has 2 aromatic rings. The molecule has 1 amide bonds. The van der Waals surface area contributed by atoms with Crippen LogP contribution in [0.25, 0.3) is 11.3 Å². The van der Waals surface area contributed by atoms with Crippen molar-refractivity contribution in [3.63, 3.8) is 0 Å². The van der Waals surface area contributed by atoms with E-state index in [4.69, 9.17) is 9.26 Å². The van der Waals surface area contributed by atoms with Gasteiger partial charge in [-0.1, -0.05) is 49.3 Å². The van der Waals surface area contributed by atoms with E-state index in [1.807, 2.05) is 30.3 Å². The highest BCUT2D eigenvalue weighted by Gasteiger charge is 2.68. The van der Waals surface area contributed by atoms with E-state index in [1.54, 1.807) is 11.0 Å². The van der Waals surface area contributed by atoms with Crippen LogP contribution in [0.1, 0.15) is 30.8 Å². The van der Waals surface area contributed by atoms with E-state index in [0.717, 1.165) is 12.0 Å². The molecule has 1 aliphatic carbocycles. The number of rotatable bonds is 3. The topological polar surface area (TPSA) is 72.6 Å². The summed E-state index contributed by atoms with van der Waals surface area (Å²) in [6.45, 7) is 5.18. The number of carbonyl (C=O) groups excluding carboxylic acids is 2. The molecule has 0 unspecified atom stereocenters. The molecule has 1 aliphatic heterocycles. The summed E-state index contributed by atoms with van der Waals surface area (Å²) >= 11 is 0. The van der Waals surface area contributed by atoms with Crippen LogP contribution in [0.2, 0.25) is 0 Å². The van der Waals surface area contributed by atoms with Crippen LogP contribution in [-0.2, 0) is 9.53 Å². The van der Waals surface area contributed by atoms with Crippen molar-refractivity contribution >= 4 is 11.9 Å². The van der Waals surface area contributed by atoms with Crippen molar-refractivity contribution in [2.75, 3.05) is 20.2 Å². The largest absolute Gasteiger partial charge is 0.469 e. The van der Waals surface area contributed by atoms with Gasteiger partial charge in [0.25, 0.3) is 5.91 Å². The Bertz CT molecular complexity index is 858. The Kier molecular flexibility index (Phi) is 3.68. The van der Waals surface area contributed by atoms with E-state index >= 15 is 0 Å². The summed E-state index contributed by atoms with van der Waals surface area (Å²) < 4.78 is 10.4. The van der Waals surface area contributed by atoms with Gasteiger partial charge in [-0.05, 0) is 17.8 Å². The lowest BCUT2D eigenvalue weighted by Crippen LogP contribution is -2.57. The third-order valence-electron chi connectivity index (χ3n) is 5.92. The van der Waals surface area contributed by atoms with Gasteiger partial charge in [0.15, 0.2) is 11.5 Å². The minimum atomic E-state index is -0.583. The van der Waals surface area contributed by atoms with Crippen molar-refractivity contribution < 1.29 is 18.8 Å². The van der Waals surface area contributed by atoms with Crippen LogP contribution in [-0.4, -0.2) is 42.1 Å². The summed E-state index contributed by atoms with van der Waals surface area (Å²) in [5.41, 5.74) is 0.568. The molecule has 0 bridgehead atoms. The van der Waals surface area contributed by atoms with Gasteiger partial charge in [0.1, 0.15) is 0 Å². The van der Waals surface area contributed by atoms with E-state index < -0.39 is 5.41 Å². The van der Waals surface area contributed by atoms with Crippen LogP contribution in [0, 0.1) is 16.7 Å². The number of aromatic nitrogens is 1. The maximum atomic E-state index is 12.9. The Labute approximate surface area is 152 Å². The van der Waals surface area contributed by atoms with Crippen molar-refractivity contribution in [2.45, 2.75) is 20.3 Å². The highest BCUT2D eigenvalue weighted by Crippen LogP contribution is 2.63. The number of fused-ring (bicyclic) bond motifs is 1. The van der Waals surface area contributed by atoms with Crippen molar-refractivity contribution in [1.29, 1.82) is 0 Å². The number of benzene rings is 1. The molecule has 26 heavy (non-hydrogen) atoms. The van der Waals surface area contributed by atoms with Gasteiger partial charge in [0.2, 0.25) is 0 Å². The second-order valence-electron chi connectivity index (χ2n) is 7.99. The first-order valence-electron chi connectivity index (χ1n) is 8.77. The highest BCUT2D eigenvalue weighted by atomic mass is 16.5. The molecular formula is C20H22N2O4. The Hall–Kier alpha value is -2.63. The van der Waals surface area contributed by atoms with Gasteiger partial charge in [-0.2, -0.15) is 0 Å². The van der Waals surface area contributed by atoms with Crippen molar-refractivity contribution in [3.05, 3.63) is 42.1 Å². The summed E-state index contributed by atoms with van der Waals surface area (Å²) in [7, 11) is 1.41. The first kappa shape index (κ1) is 16.8. The van der Waals surface area contributed by atoms with Crippen LogP contribution in [0.4, 0.5) is 0 Å². The zero-order chi connectivity index (χ0) is 18.5. The van der Waals surface area contributed by atoms with E-state index in [1.165, 1.54) is 7.11 Å². The zero-order valence-corrected chi connectivity index (χ0v) is 15.2. The molecule has 2 aliphatic rings. The molecule has 1 saturated heterocycles. The molecule has 0 radical (unpaired) electrons. The molecule has 1 saturated carbocycles. The quantitative estimate of drug-likeness (QED) is 0.792. The van der Waals surface area contributed by atoms with Gasteiger partial charge >= 0.3 is 5.97 Å². The first-order valence-corrected chi connectivity index (χ1v) is 8.77. The fourth-order valence-corrected chi connectivity index (χ4v) is 4.80. The van der Waals surface area contributed by atoms with Crippen molar-refractivity contribution in [3.8, 4) is 11.3 Å². The number of carbonyl (C=O) groups is 2. The number of likely N-dealkylation sites (tertiary alicyclic amines) is 1. The molecule has 1 aromatic heterocycles. The molecule has 4 rings (SSSR count). The van der Waals surface area contributed by atoms with Crippen LogP contribution < -0.4 is 0 Å². The molecule has 6 heteroatoms. The number of hydrogen-bond donors (Lipinski definition) is 0. The molecule has 2 heterocycles. The number of amides is 1. The molecule has 6 nitrogen and oxygen atoms in total. The molecular weight excluding hydrogens is 332 g/mol. The standard InChI is InChI=1S/C20H22N2O4/c1-19(2)11-20(18(24)25-3)12-22(10-16(19)20)17(23)14-9-15(26-21-14)13-7-5-4-6-8-13/h4-9,16H,10-12H2,1-3H3/t16-,20+/m1/s1. The number of ether oxygens (including phenoxy) is 1. The van der Waals surface area contributed by atoms with Crippen LogP contribution in [0.5, 0.6) is 0 Å². The molecule has 2 atom stereocenters. The summed E-state index contributed by atoms with van der Waals surface area (Å²) in [5, 5.41) is 3.95. The van der Waals surface area contributed by atoms with Crippen molar-refractivity contribution in [1.82, 2.24) is 10.1 Å². The third-order valence-corrected chi connectivity index (χ3v) is 5.92. The average Bonchev–Trinajstić information content (AvgIpc) is 3.25. The molecule has 0 N–H and O–H groups in total. The van der Waals surface area contributed by atoms with Gasteiger partial charge in [-0.15, -0.1) is 0 Å². The number of esters is 1. The Balaban J connectivity index is 1.57. The van der Waals surface area contributed by atoms with Crippen LogP contribution in [0.15, 0.2) is 40.9 Å². The second kappa shape index (κ2) is 5.69. The molecule has 2 fully saturated rings. The van der Waals surface area contributed by atoms with Gasteiger partial charge in [-0.3, -0.25) is 9.59 Å². The smallest absolute Gasteiger partial charge is 0.314 e. The Morgan fingerprint density at radius 2 is 2.00 bits per heavy atom. The lowest BCUT2D eigenvalue weighted by molar-refractivity contribution is -0.174. The van der Waals surface area contributed by atoms with E-state index in [-0.39, 0.29) is 28.9 Å². The molecule has 136 valence electrons.